The third-order valence-electron chi connectivity index (χ3n) is 2.28. The average molecular weight is 290 g/mol. The Morgan fingerprint density at radius 2 is 2.40 bits per heavy atom. The second-order valence-electron chi connectivity index (χ2n) is 3.73. The van der Waals surface area contributed by atoms with E-state index in [9.17, 15) is 4.79 Å². The van der Waals surface area contributed by atoms with Crippen LogP contribution in [0.15, 0.2) is 11.4 Å². The highest BCUT2D eigenvalue weighted by Gasteiger charge is 2.10. The number of thiophene rings is 1. The molecule has 1 unspecified atom stereocenters. The van der Waals surface area contributed by atoms with Gasteiger partial charge in [0.25, 0.3) is 5.91 Å². The van der Waals surface area contributed by atoms with Crippen LogP contribution in [0.2, 0.25) is 0 Å². The second kappa shape index (κ2) is 6.28. The first-order valence-electron chi connectivity index (χ1n) is 5.03. The van der Waals surface area contributed by atoms with Crippen molar-refractivity contribution in [3.63, 3.8) is 0 Å². The molecule has 15 heavy (non-hydrogen) atoms. The Balaban J connectivity index is 2.40. The number of amides is 1. The van der Waals surface area contributed by atoms with Gasteiger partial charge in [-0.3, -0.25) is 4.79 Å². The lowest BCUT2D eigenvalue weighted by molar-refractivity contribution is 0.0951. The van der Waals surface area contributed by atoms with Gasteiger partial charge in [-0.15, -0.1) is 11.3 Å². The van der Waals surface area contributed by atoms with Crippen molar-refractivity contribution < 1.29 is 4.79 Å². The Morgan fingerprint density at radius 3 is 2.93 bits per heavy atom. The normalized spacial score (nSPS) is 12.5. The molecule has 1 rings (SSSR count). The molecular weight excluding hydrogens is 274 g/mol. The van der Waals surface area contributed by atoms with Crippen molar-refractivity contribution >= 4 is 33.2 Å². The molecule has 0 aromatic carbocycles. The summed E-state index contributed by atoms with van der Waals surface area (Å²) in [5.41, 5.74) is 1.06. The summed E-state index contributed by atoms with van der Waals surface area (Å²) >= 11 is 4.90. The fraction of sp³-hybridized carbons (Fsp3) is 0.545. The van der Waals surface area contributed by atoms with Crippen LogP contribution in [-0.2, 0) is 0 Å². The van der Waals surface area contributed by atoms with Crippen molar-refractivity contribution in [1.29, 1.82) is 0 Å². The molecule has 4 heteroatoms. The van der Waals surface area contributed by atoms with Gasteiger partial charge in [-0.05, 0) is 36.3 Å². The lowest BCUT2D eigenvalue weighted by Gasteiger charge is -2.10. The van der Waals surface area contributed by atoms with Gasteiger partial charge < -0.3 is 5.32 Å². The number of aryl methyl sites for hydroxylation is 1. The molecule has 0 aliphatic carbocycles. The van der Waals surface area contributed by atoms with Crippen LogP contribution >= 0.6 is 27.3 Å². The molecule has 0 fully saturated rings. The van der Waals surface area contributed by atoms with E-state index in [2.05, 4.69) is 28.2 Å². The van der Waals surface area contributed by atoms with Crippen molar-refractivity contribution in [2.24, 2.45) is 5.92 Å². The highest BCUT2D eigenvalue weighted by molar-refractivity contribution is 9.09. The summed E-state index contributed by atoms with van der Waals surface area (Å²) in [6, 6.07) is 1.97. The zero-order valence-electron chi connectivity index (χ0n) is 9.05. The van der Waals surface area contributed by atoms with Crippen molar-refractivity contribution in [2.45, 2.75) is 20.3 Å². The zero-order chi connectivity index (χ0) is 11.3. The standard InChI is InChI=1S/C11H16BrNOS/c1-8(3-5-12)7-13-11(14)10-9(2)4-6-15-10/h4,6,8H,3,5,7H2,1-2H3,(H,13,14). The number of carbonyl (C=O) groups is 1. The number of alkyl halides is 1. The fourth-order valence-electron chi connectivity index (χ4n) is 1.24. The summed E-state index contributed by atoms with van der Waals surface area (Å²) in [6.45, 7) is 4.86. The van der Waals surface area contributed by atoms with Crippen LogP contribution in [0.25, 0.3) is 0 Å². The van der Waals surface area contributed by atoms with E-state index in [-0.39, 0.29) is 5.91 Å². The molecule has 1 aromatic rings. The van der Waals surface area contributed by atoms with Crippen LogP contribution in [0.1, 0.15) is 28.6 Å². The third kappa shape index (κ3) is 3.95. The lowest BCUT2D eigenvalue weighted by atomic mass is 10.1. The van der Waals surface area contributed by atoms with Gasteiger partial charge in [-0.1, -0.05) is 22.9 Å². The molecule has 1 aromatic heterocycles. The molecule has 0 aliphatic rings. The quantitative estimate of drug-likeness (QED) is 0.829. The summed E-state index contributed by atoms with van der Waals surface area (Å²) < 4.78 is 0. The molecule has 1 atom stereocenters. The molecule has 1 amide bonds. The first kappa shape index (κ1) is 12.7. The van der Waals surface area contributed by atoms with Crippen LogP contribution in [0.4, 0.5) is 0 Å². The van der Waals surface area contributed by atoms with Gasteiger partial charge in [-0.25, -0.2) is 0 Å². The molecular formula is C11H16BrNOS. The monoisotopic (exact) mass is 289 g/mol. The predicted octanol–water partition coefficient (Wildman–Crippen LogP) is 3.21. The van der Waals surface area contributed by atoms with Crippen LogP contribution < -0.4 is 5.32 Å². The van der Waals surface area contributed by atoms with Gasteiger partial charge in [0.1, 0.15) is 0 Å². The summed E-state index contributed by atoms with van der Waals surface area (Å²) in [7, 11) is 0. The molecule has 1 N–H and O–H groups in total. The van der Waals surface area contributed by atoms with Crippen molar-refractivity contribution in [2.75, 3.05) is 11.9 Å². The number of nitrogens with one attached hydrogen (secondary N) is 1. The van der Waals surface area contributed by atoms with E-state index >= 15 is 0 Å². The first-order valence-corrected chi connectivity index (χ1v) is 7.03. The molecule has 0 radical (unpaired) electrons. The Kier molecular flexibility index (Phi) is 5.32. The van der Waals surface area contributed by atoms with Crippen molar-refractivity contribution in [3.05, 3.63) is 21.9 Å². The molecule has 0 saturated heterocycles. The average Bonchev–Trinajstić information content (AvgIpc) is 2.61. The number of rotatable bonds is 5. The molecule has 0 aliphatic heterocycles. The fourth-order valence-corrected chi connectivity index (χ4v) is 2.86. The Morgan fingerprint density at radius 1 is 1.67 bits per heavy atom. The van der Waals surface area contributed by atoms with E-state index in [1.807, 2.05) is 18.4 Å². The van der Waals surface area contributed by atoms with Gasteiger partial charge in [0.2, 0.25) is 0 Å². The summed E-state index contributed by atoms with van der Waals surface area (Å²) in [5, 5.41) is 5.90. The van der Waals surface area contributed by atoms with E-state index in [4.69, 9.17) is 0 Å². The van der Waals surface area contributed by atoms with Gasteiger partial charge in [0.05, 0.1) is 4.88 Å². The molecule has 1 heterocycles. The smallest absolute Gasteiger partial charge is 0.261 e. The summed E-state index contributed by atoms with van der Waals surface area (Å²) in [6.07, 6.45) is 1.09. The van der Waals surface area contributed by atoms with E-state index in [0.29, 0.717) is 5.92 Å². The molecule has 0 bridgehead atoms. The Labute approximate surface area is 103 Å². The van der Waals surface area contributed by atoms with E-state index in [1.54, 1.807) is 0 Å². The Hall–Kier alpha value is -0.350. The van der Waals surface area contributed by atoms with Crippen LogP contribution in [0.3, 0.4) is 0 Å². The number of halogens is 1. The van der Waals surface area contributed by atoms with Crippen LogP contribution in [0, 0.1) is 12.8 Å². The van der Waals surface area contributed by atoms with E-state index in [1.165, 1.54) is 11.3 Å². The minimum Gasteiger partial charge on any atom is -0.351 e. The predicted molar refractivity (Wildman–Crippen MR) is 69.0 cm³/mol. The highest BCUT2D eigenvalue weighted by atomic mass is 79.9. The number of hydrogen-bond acceptors (Lipinski definition) is 2. The van der Waals surface area contributed by atoms with Crippen LogP contribution in [-0.4, -0.2) is 17.8 Å². The maximum absolute atomic E-state index is 11.7. The molecule has 0 spiro atoms. The van der Waals surface area contributed by atoms with Crippen molar-refractivity contribution in [1.82, 2.24) is 5.32 Å². The molecule has 0 saturated carbocycles. The zero-order valence-corrected chi connectivity index (χ0v) is 11.5. The van der Waals surface area contributed by atoms with Crippen LogP contribution in [0.5, 0.6) is 0 Å². The maximum atomic E-state index is 11.7. The minimum absolute atomic E-state index is 0.0592. The molecule has 84 valence electrons. The number of carbonyl (C=O) groups excluding carboxylic acids is 1. The number of hydrogen-bond donors (Lipinski definition) is 1. The van der Waals surface area contributed by atoms with E-state index < -0.39 is 0 Å². The summed E-state index contributed by atoms with van der Waals surface area (Å²) in [5.74, 6) is 0.581. The molecule has 2 nitrogen and oxygen atoms in total. The van der Waals surface area contributed by atoms with E-state index in [0.717, 1.165) is 28.7 Å². The van der Waals surface area contributed by atoms with Gasteiger partial charge in [0.15, 0.2) is 0 Å². The second-order valence-corrected chi connectivity index (χ2v) is 5.43. The van der Waals surface area contributed by atoms with Crippen molar-refractivity contribution in [3.8, 4) is 0 Å². The lowest BCUT2D eigenvalue weighted by Crippen LogP contribution is -2.28. The first-order chi connectivity index (χ1) is 7.15. The topological polar surface area (TPSA) is 29.1 Å². The van der Waals surface area contributed by atoms with Gasteiger partial charge in [-0.2, -0.15) is 0 Å². The Bertz CT molecular complexity index is 324. The summed E-state index contributed by atoms with van der Waals surface area (Å²) in [4.78, 5) is 12.6. The SMILES string of the molecule is Cc1ccsc1C(=O)NCC(C)CCBr. The minimum atomic E-state index is 0.0592. The largest absolute Gasteiger partial charge is 0.351 e. The third-order valence-corrected chi connectivity index (χ3v) is 3.75. The van der Waals surface area contributed by atoms with Gasteiger partial charge >= 0.3 is 0 Å². The maximum Gasteiger partial charge on any atom is 0.261 e. The highest BCUT2D eigenvalue weighted by Crippen LogP contribution is 2.15. The van der Waals surface area contributed by atoms with Gasteiger partial charge in [0, 0.05) is 11.9 Å².